The van der Waals surface area contributed by atoms with E-state index in [2.05, 4.69) is 11.8 Å². The van der Waals surface area contributed by atoms with Crippen molar-refractivity contribution in [1.29, 1.82) is 0 Å². The number of hydrogen-bond acceptors (Lipinski definition) is 4. The Morgan fingerprint density at radius 1 is 1.19 bits per heavy atom. The largest absolute Gasteiger partial charge is 0.493 e. The van der Waals surface area contributed by atoms with E-state index in [-0.39, 0.29) is 6.10 Å². The van der Waals surface area contributed by atoms with Crippen LogP contribution in [0.25, 0.3) is 0 Å². The molecule has 0 spiro atoms. The molecule has 148 valence electrons. The van der Waals surface area contributed by atoms with Gasteiger partial charge in [0.05, 0.1) is 18.8 Å². The first-order valence-corrected chi connectivity index (χ1v) is 10.3. The highest BCUT2D eigenvalue weighted by atomic mass is 16.5. The SMILES string of the molecule is CCCCCN1CC[C@H](CCOc2cccc(OC(C)C)c2)[C@@H](OC)C1. The lowest BCUT2D eigenvalue weighted by molar-refractivity contribution is -0.0180. The van der Waals surface area contributed by atoms with Crippen molar-refractivity contribution in [2.45, 2.75) is 65.1 Å². The predicted octanol–water partition coefficient (Wildman–Crippen LogP) is 4.77. The summed E-state index contributed by atoms with van der Waals surface area (Å²) in [6.45, 7) is 10.5. The Kier molecular flexibility index (Phi) is 9.27. The normalized spacial score (nSPS) is 21.1. The molecule has 1 saturated heterocycles. The van der Waals surface area contributed by atoms with Crippen LogP contribution in [0.2, 0.25) is 0 Å². The predicted molar refractivity (Wildman–Crippen MR) is 107 cm³/mol. The Labute approximate surface area is 159 Å². The van der Waals surface area contributed by atoms with Crippen molar-refractivity contribution in [3.63, 3.8) is 0 Å². The standard InChI is InChI=1S/C22H37NO3/c1-5-6-7-13-23-14-11-19(22(17-23)24-4)12-15-25-20-9-8-10-21(16-20)26-18(2)3/h8-10,16,18-19,22H,5-7,11-15,17H2,1-4H3/t19-,22+/m1/s1. The molecule has 2 rings (SSSR count). The van der Waals surface area contributed by atoms with Crippen LogP contribution in [-0.4, -0.2) is 50.5 Å². The van der Waals surface area contributed by atoms with Crippen molar-refractivity contribution in [3.8, 4) is 11.5 Å². The van der Waals surface area contributed by atoms with Crippen molar-refractivity contribution >= 4 is 0 Å². The van der Waals surface area contributed by atoms with Gasteiger partial charge in [0.1, 0.15) is 11.5 Å². The Morgan fingerprint density at radius 2 is 2.00 bits per heavy atom. The van der Waals surface area contributed by atoms with Gasteiger partial charge in [0.15, 0.2) is 0 Å². The second-order valence-corrected chi connectivity index (χ2v) is 7.61. The van der Waals surface area contributed by atoms with Crippen LogP contribution in [0.5, 0.6) is 11.5 Å². The Bertz CT molecular complexity index is 506. The lowest BCUT2D eigenvalue weighted by Crippen LogP contribution is -2.45. The fourth-order valence-electron chi connectivity index (χ4n) is 3.65. The Hall–Kier alpha value is -1.26. The molecule has 1 heterocycles. The number of benzene rings is 1. The van der Waals surface area contributed by atoms with E-state index in [9.17, 15) is 0 Å². The molecule has 0 bridgehead atoms. The Morgan fingerprint density at radius 3 is 2.73 bits per heavy atom. The third kappa shape index (κ3) is 7.16. The lowest BCUT2D eigenvalue weighted by atomic mass is 9.91. The van der Waals surface area contributed by atoms with E-state index in [0.717, 1.165) is 31.1 Å². The van der Waals surface area contributed by atoms with Crippen LogP contribution in [-0.2, 0) is 4.74 Å². The molecule has 0 N–H and O–H groups in total. The summed E-state index contributed by atoms with van der Waals surface area (Å²) in [6, 6.07) is 7.93. The molecule has 1 fully saturated rings. The molecular weight excluding hydrogens is 326 g/mol. The van der Waals surface area contributed by atoms with Gasteiger partial charge in [-0.2, -0.15) is 0 Å². The van der Waals surface area contributed by atoms with Crippen LogP contribution in [0, 0.1) is 5.92 Å². The number of unbranched alkanes of at least 4 members (excludes halogenated alkanes) is 2. The summed E-state index contributed by atoms with van der Waals surface area (Å²) >= 11 is 0. The number of nitrogens with zero attached hydrogens (tertiary/aromatic N) is 1. The quantitative estimate of drug-likeness (QED) is 0.530. The van der Waals surface area contributed by atoms with E-state index in [0.29, 0.717) is 12.0 Å². The van der Waals surface area contributed by atoms with Crippen molar-refractivity contribution in [2.24, 2.45) is 5.92 Å². The van der Waals surface area contributed by atoms with Gasteiger partial charge >= 0.3 is 0 Å². The van der Waals surface area contributed by atoms with Gasteiger partial charge in [-0.1, -0.05) is 25.8 Å². The maximum Gasteiger partial charge on any atom is 0.123 e. The van der Waals surface area contributed by atoms with Crippen molar-refractivity contribution in [1.82, 2.24) is 4.90 Å². The first kappa shape index (κ1) is 21.0. The molecule has 0 unspecified atom stereocenters. The smallest absolute Gasteiger partial charge is 0.123 e. The maximum atomic E-state index is 5.98. The molecule has 26 heavy (non-hydrogen) atoms. The molecule has 0 radical (unpaired) electrons. The van der Waals surface area contributed by atoms with Crippen LogP contribution in [0.15, 0.2) is 24.3 Å². The number of rotatable bonds is 11. The molecule has 1 aliphatic heterocycles. The van der Waals surface area contributed by atoms with E-state index in [1.165, 1.54) is 38.8 Å². The van der Waals surface area contributed by atoms with Gasteiger partial charge in [-0.05, 0) is 64.3 Å². The fraction of sp³-hybridized carbons (Fsp3) is 0.727. The minimum absolute atomic E-state index is 0.176. The molecule has 0 aliphatic carbocycles. The van der Waals surface area contributed by atoms with E-state index in [1.807, 2.05) is 45.2 Å². The number of methoxy groups -OCH3 is 1. The monoisotopic (exact) mass is 363 g/mol. The first-order valence-electron chi connectivity index (χ1n) is 10.3. The van der Waals surface area contributed by atoms with Crippen LogP contribution in [0.4, 0.5) is 0 Å². The summed E-state index contributed by atoms with van der Waals surface area (Å²) in [5.41, 5.74) is 0. The number of likely N-dealkylation sites (tertiary alicyclic amines) is 1. The fourth-order valence-corrected chi connectivity index (χ4v) is 3.65. The second kappa shape index (κ2) is 11.5. The molecule has 1 aromatic carbocycles. The van der Waals surface area contributed by atoms with E-state index >= 15 is 0 Å². The van der Waals surface area contributed by atoms with Gasteiger partial charge in [0.2, 0.25) is 0 Å². The average molecular weight is 364 g/mol. The van der Waals surface area contributed by atoms with Crippen LogP contribution < -0.4 is 9.47 Å². The van der Waals surface area contributed by atoms with Crippen molar-refractivity contribution in [3.05, 3.63) is 24.3 Å². The lowest BCUT2D eigenvalue weighted by Gasteiger charge is -2.37. The highest BCUT2D eigenvalue weighted by molar-refractivity contribution is 5.33. The summed E-state index contributed by atoms with van der Waals surface area (Å²) in [6.07, 6.45) is 6.65. The van der Waals surface area contributed by atoms with Gasteiger partial charge in [0.25, 0.3) is 0 Å². The van der Waals surface area contributed by atoms with Gasteiger partial charge in [-0.3, -0.25) is 0 Å². The molecule has 4 nitrogen and oxygen atoms in total. The second-order valence-electron chi connectivity index (χ2n) is 7.61. The summed E-state index contributed by atoms with van der Waals surface area (Å²) in [7, 11) is 1.85. The van der Waals surface area contributed by atoms with Gasteiger partial charge in [-0.25, -0.2) is 0 Å². The van der Waals surface area contributed by atoms with Gasteiger partial charge < -0.3 is 19.1 Å². The van der Waals surface area contributed by atoms with Crippen molar-refractivity contribution < 1.29 is 14.2 Å². The minimum atomic E-state index is 0.176. The molecule has 1 aromatic rings. The summed E-state index contributed by atoms with van der Waals surface area (Å²) in [5.74, 6) is 2.33. The molecule has 0 aromatic heterocycles. The van der Waals surface area contributed by atoms with E-state index < -0.39 is 0 Å². The highest BCUT2D eigenvalue weighted by Crippen LogP contribution is 2.25. The zero-order valence-electron chi connectivity index (χ0n) is 17.1. The molecular formula is C22H37NO3. The number of ether oxygens (including phenoxy) is 3. The first-order chi connectivity index (χ1) is 12.6. The summed E-state index contributed by atoms with van der Waals surface area (Å²) < 4.78 is 17.5. The van der Waals surface area contributed by atoms with Crippen LogP contribution in [0.1, 0.15) is 52.9 Å². The van der Waals surface area contributed by atoms with Gasteiger partial charge in [-0.15, -0.1) is 0 Å². The zero-order chi connectivity index (χ0) is 18.8. The maximum absolute atomic E-state index is 5.98. The third-order valence-corrected chi connectivity index (χ3v) is 5.10. The molecule has 0 saturated carbocycles. The van der Waals surface area contributed by atoms with E-state index in [4.69, 9.17) is 14.2 Å². The van der Waals surface area contributed by atoms with Gasteiger partial charge in [0, 0.05) is 19.7 Å². The molecule has 0 amide bonds. The Balaban J connectivity index is 1.75. The molecule has 1 aliphatic rings. The molecule has 4 heteroatoms. The van der Waals surface area contributed by atoms with Crippen LogP contribution in [0.3, 0.4) is 0 Å². The number of hydrogen-bond donors (Lipinski definition) is 0. The summed E-state index contributed by atoms with van der Waals surface area (Å²) in [5, 5.41) is 0. The third-order valence-electron chi connectivity index (χ3n) is 5.10. The van der Waals surface area contributed by atoms with Crippen LogP contribution >= 0.6 is 0 Å². The topological polar surface area (TPSA) is 30.9 Å². The molecule has 2 atom stereocenters. The average Bonchev–Trinajstić information content (AvgIpc) is 2.62. The van der Waals surface area contributed by atoms with Crippen molar-refractivity contribution in [2.75, 3.05) is 33.4 Å². The minimum Gasteiger partial charge on any atom is -0.493 e. The van der Waals surface area contributed by atoms with E-state index in [1.54, 1.807) is 0 Å². The number of piperidine rings is 1. The highest BCUT2D eigenvalue weighted by Gasteiger charge is 2.28. The zero-order valence-corrected chi connectivity index (χ0v) is 17.1. The summed E-state index contributed by atoms with van der Waals surface area (Å²) in [4.78, 5) is 2.56.